The number of hydrogen-bond donors (Lipinski definition) is 0. The summed E-state index contributed by atoms with van der Waals surface area (Å²) >= 11 is 3.76. The number of imidazole rings is 1. The normalized spacial score (nSPS) is 11.9. The number of nitrogens with zero attached hydrogens (tertiary/aromatic N) is 2. The quantitative estimate of drug-likeness (QED) is 0.252. The number of para-hydroxylation sites is 1. The molecule has 7 aromatic rings. The minimum atomic E-state index is 0.565. The lowest BCUT2D eigenvalue weighted by atomic mass is 9.99. The van der Waals surface area contributed by atoms with Gasteiger partial charge in [-0.1, -0.05) is 66.7 Å². The Labute approximate surface area is 190 Å². The molecule has 0 radical (unpaired) electrons. The van der Waals surface area contributed by atoms with E-state index in [1.807, 2.05) is 71.1 Å². The van der Waals surface area contributed by atoms with E-state index in [0.717, 1.165) is 60.0 Å². The van der Waals surface area contributed by atoms with Crippen LogP contribution in [0.2, 0.25) is 0 Å². The number of benzene rings is 4. The molecule has 0 unspecified atom stereocenters. The molecule has 0 spiro atoms. The van der Waals surface area contributed by atoms with Gasteiger partial charge in [-0.15, -0.1) is 0 Å². The molecule has 0 aliphatic heterocycles. The molecule has 5 heteroatoms. The van der Waals surface area contributed by atoms with E-state index in [9.17, 15) is 0 Å². The fraction of sp³-hybridized carbons (Fsp3) is 0. The van der Waals surface area contributed by atoms with Gasteiger partial charge in [0, 0.05) is 16.3 Å². The maximum Gasteiger partial charge on any atom is 0.308 e. The summed E-state index contributed by atoms with van der Waals surface area (Å²) in [4.78, 5) is 4.74. The highest BCUT2D eigenvalue weighted by atomic mass is 79.9. The second-order valence-electron chi connectivity index (χ2n) is 7.80. The van der Waals surface area contributed by atoms with Gasteiger partial charge in [0.1, 0.15) is 21.5 Å². The van der Waals surface area contributed by atoms with Gasteiger partial charge in [0.15, 0.2) is 5.58 Å². The van der Waals surface area contributed by atoms with Crippen molar-refractivity contribution in [2.24, 2.45) is 0 Å². The maximum absolute atomic E-state index is 6.09. The van der Waals surface area contributed by atoms with Crippen molar-refractivity contribution in [2.45, 2.75) is 0 Å². The second-order valence-corrected chi connectivity index (χ2v) is 8.55. The van der Waals surface area contributed by atoms with Crippen molar-refractivity contribution in [2.75, 3.05) is 0 Å². The zero-order valence-electron chi connectivity index (χ0n) is 16.7. The zero-order valence-corrected chi connectivity index (χ0v) is 18.3. The number of oxazole rings is 1. The lowest BCUT2D eigenvalue weighted by Gasteiger charge is -2.04. The Balaban J connectivity index is 1.50. The maximum atomic E-state index is 6.09. The highest BCUT2D eigenvalue weighted by Gasteiger charge is 2.19. The van der Waals surface area contributed by atoms with Crippen LogP contribution in [0.5, 0.6) is 0 Å². The predicted octanol–water partition coefficient (Wildman–Crippen LogP) is 8.08. The van der Waals surface area contributed by atoms with Gasteiger partial charge in [0.2, 0.25) is 0 Å². The van der Waals surface area contributed by atoms with Crippen molar-refractivity contribution < 1.29 is 8.83 Å². The molecule has 7 rings (SSSR count). The van der Waals surface area contributed by atoms with E-state index in [1.54, 1.807) is 0 Å². The summed E-state index contributed by atoms with van der Waals surface area (Å²) in [6.07, 6.45) is 0. The summed E-state index contributed by atoms with van der Waals surface area (Å²) in [5.41, 5.74) is 7.66. The van der Waals surface area contributed by atoms with E-state index in [4.69, 9.17) is 13.8 Å². The highest BCUT2D eigenvalue weighted by molar-refractivity contribution is 9.10. The van der Waals surface area contributed by atoms with Crippen molar-refractivity contribution in [1.29, 1.82) is 0 Å². The van der Waals surface area contributed by atoms with Crippen LogP contribution in [0, 0.1) is 0 Å². The van der Waals surface area contributed by atoms with Crippen LogP contribution in [0.3, 0.4) is 0 Å². The molecule has 0 atom stereocenters. The van der Waals surface area contributed by atoms with E-state index in [0.29, 0.717) is 5.84 Å². The Morgan fingerprint density at radius 2 is 1.50 bits per heavy atom. The Morgan fingerprint density at radius 3 is 2.41 bits per heavy atom. The molecule has 0 amide bonds. The average molecular weight is 479 g/mol. The van der Waals surface area contributed by atoms with Gasteiger partial charge in [-0.05, 0) is 51.3 Å². The Kier molecular flexibility index (Phi) is 3.66. The molecule has 0 saturated heterocycles. The highest BCUT2D eigenvalue weighted by Crippen LogP contribution is 2.39. The van der Waals surface area contributed by atoms with Crippen molar-refractivity contribution in [3.05, 3.63) is 95.6 Å². The summed E-state index contributed by atoms with van der Waals surface area (Å²) in [5.74, 6) is 0.565. The molecule has 0 fully saturated rings. The molecular formula is C27H15BrN2O2. The van der Waals surface area contributed by atoms with Crippen molar-refractivity contribution >= 4 is 54.8 Å². The van der Waals surface area contributed by atoms with Crippen molar-refractivity contribution in [3.63, 3.8) is 0 Å². The standard InChI is InChI=1S/C27H15BrN2O2/c28-26-25(16-7-2-1-3-8-16)29-27-30(26)20-15-17(13-14-22(20)32-27)18-10-6-12-23-24(18)19-9-4-5-11-21(19)31-23/h1-15H. The van der Waals surface area contributed by atoms with Crippen LogP contribution in [0.1, 0.15) is 0 Å². The Bertz CT molecular complexity index is 1790. The average Bonchev–Trinajstić information content (AvgIpc) is 3.49. The first-order chi connectivity index (χ1) is 15.8. The smallest absolute Gasteiger partial charge is 0.308 e. The number of hydrogen-bond acceptors (Lipinski definition) is 3. The molecule has 0 aliphatic rings. The van der Waals surface area contributed by atoms with Gasteiger partial charge in [0.25, 0.3) is 0 Å². The first-order valence-electron chi connectivity index (χ1n) is 10.3. The molecule has 0 saturated carbocycles. The molecule has 4 nitrogen and oxygen atoms in total. The minimum absolute atomic E-state index is 0.565. The van der Waals surface area contributed by atoms with E-state index in [2.05, 4.69) is 40.2 Å². The van der Waals surface area contributed by atoms with Gasteiger partial charge >= 0.3 is 5.84 Å². The molecule has 3 aromatic heterocycles. The summed E-state index contributed by atoms with van der Waals surface area (Å²) in [6, 6.07) is 30.7. The van der Waals surface area contributed by atoms with Gasteiger partial charge in [-0.2, -0.15) is 4.98 Å². The Morgan fingerprint density at radius 1 is 0.688 bits per heavy atom. The van der Waals surface area contributed by atoms with Crippen LogP contribution in [0.4, 0.5) is 0 Å². The van der Waals surface area contributed by atoms with E-state index >= 15 is 0 Å². The van der Waals surface area contributed by atoms with Gasteiger partial charge in [-0.25, -0.2) is 0 Å². The van der Waals surface area contributed by atoms with Gasteiger partial charge in [0.05, 0.1) is 5.52 Å². The van der Waals surface area contributed by atoms with Crippen LogP contribution in [-0.2, 0) is 0 Å². The van der Waals surface area contributed by atoms with Crippen molar-refractivity contribution in [3.8, 4) is 22.4 Å². The zero-order chi connectivity index (χ0) is 21.2. The number of aromatic nitrogens is 2. The molecule has 0 aliphatic carbocycles. The second kappa shape index (κ2) is 6.58. The predicted molar refractivity (Wildman–Crippen MR) is 131 cm³/mol. The largest absolute Gasteiger partial charge is 0.456 e. The van der Waals surface area contributed by atoms with Crippen LogP contribution in [-0.4, -0.2) is 9.38 Å². The lowest BCUT2D eigenvalue weighted by molar-refractivity contribution is 0.641. The van der Waals surface area contributed by atoms with E-state index < -0.39 is 0 Å². The molecule has 32 heavy (non-hydrogen) atoms. The van der Waals surface area contributed by atoms with Crippen LogP contribution < -0.4 is 0 Å². The molecule has 0 N–H and O–H groups in total. The van der Waals surface area contributed by atoms with E-state index in [1.165, 1.54) is 0 Å². The molecule has 152 valence electrons. The summed E-state index contributed by atoms with van der Waals surface area (Å²) < 4.78 is 15.1. The van der Waals surface area contributed by atoms with Crippen LogP contribution >= 0.6 is 15.9 Å². The Hall–Kier alpha value is -3.83. The summed E-state index contributed by atoms with van der Waals surface area (Å²) in [7, 11) is 0. The topological polar surface area (TPSA) is 43.6 Å². The van der Waals surface area contributed by atoms with Crippen LogP contribution in [0.25, 0.3) is 61.3 Å². The summed E-state index contributed by atoms with van der Waals surface area (Å²) in [5, 5.41) is 2.24. The minimum Gasteiger partial charge on any atom is -0.456 e. The number of furan rings is 1. The molecule has 3 heterocycles. The third-order valence-corrected chi connectivity index (χ3v) is 6.68. The SMILES string of the molecule is Brc1c(-c2ccccc2)nc2oc3ccc(-c4cccc5oc6ccccc6c45)cc3n12. The van der Waals surface area contributed by atoms with Crippen LogP contribution in [0.15, 0.2) is 104 Å². The van der Waals surface area contributed by atoms with Crippen molar-refractivity contribution in [1.82, 2.24) is 9.38 Å². The third kappa shape index (κ3) is 2.46. The first-order valence-corrected chi connectivity index (χ1v) is 11.1. The number of fused-ring (bicyclic) bond motifs is 6. The fourth-order valence-electron chi connectivity index (χ4n) is 4.50. The van der Waals surface area contributed by atoms with Gasteiger partial charge in [-0.3, -0.25) is 4.40 Å². The van der Waals surface area contributed by atoms with Gasteiger partial charge < -0.3 is 8.83 Å². The number of rotatable bonds is 2. The van der Waals surface area contributed by atoms with E-state index in [-0.39, 0.29) is 0 Å². The lowest BCUT2D eigenvalue weighted by Crippen LogP contribution is -1.84. The summed E-state index contributed by atoms with van der Waals surface area (Å²) in [6.45, 7) is 0. The number of halogens is 1. The monoisotopic (exact) mass is 478 g/mol. The molecule has 4 aromatic carbocycles. The molecular weight excluding hydrogens is 464 g/mol. The molecule has 0 bridgehead atoms. The first kappa shape index (κ1) is 17.8. The fourth-order valence-corrected chi connectivity index (χ4v) is 5.16. The third-order valence-electron chi connectivity index (χ3n) is 5.95.